The number of nitrogens with zero attached hydrogens (tertiary/aromatic N) is 7. The van der Waals surface area contributed by atoms with E-state index in [4.69, 9.17) is 4.98 Å². The van der Waals surface area contributed by atoms with E-state index in [0.717, 1.165) is 72.1 Å². The van der Waals surface area contributed by atoms with Crippen LogP contribution in [0.25, 0.3) is 6.08 Å². The standard InChI is InChI=1S/C44H51BFN10O3/c1-6-9-33(54-22-24-55(25-23-54)40(57)19-18-34-16-17-35(56(34)45-46)27-37-29(2)26-30(3)49-37)20-21-47-42(58)31-12-14-32(15-13-31)50-44-48-28-39-41(51-44)52(4)38-11-8-7-10-36(38)43(59)53(39)5/h7-8,10-17,26-28,33,49H,6,9,18-25H2,1-5H3,(H-,47,48,50,51,58)/q-1/p+1. The third kappa shape index (κ3) is 9.15. The first kappa shape index (κ1) is 41.1. The highest BCUT2D eigenvalue weighted by Crippen LogP contribution is 2.38. The maximum Gasteiger partial charge on any atom is 0.300 e. The van der Waals surface area contributed by atoms with E-state index in [1.54, 1.807) is 36.3 Å². The van der Waals surface area contributed by atoms with E-state index in [0.29, 0.717) is 74.8 Å². The molecule has 0 spiro atoms. The van der Waals surface area contributed by atoms with Gasteiger partial charge in [-0.25, -0.2) is 4.98 Å². The number of halogens is 1. The number of H-pyrrole nitrogens is 1. The van der Waals surface area contributed by atoms with Crippen molar-refractivity contribution in [2.75, 3.05) is 61.9 Å². The normalized spacial score (nSPS) is 16.7. The van der Waals surface area contributed by atoms with Gasteiger partial charge in [0.2, 0.25) is 11.9 Å². The maximum absolute atomic E-state index is 14.0. The quantitative estimate of drug-likeness (QED) is 0.127. The zero-order valence-corrected chi connectivity index (χ0v) is 34.5. The number of benzene rings is 2. The van der Waals surface area contributed by atoms with Gasteiger partial charge in [0.25, 0.3) is 19.5 Å². The lowest BCUT2D eigenvalue weighted by atomic mass is 10.0. The van der Waals surface area contributed by atoms with Crippen LogP contribution >= 0.6 is 0 Å². The predicted molar refractivity (Wildman–Crippen MR) is 232 cm³/mol. The number of allylic oxidation sites excluding steroid dienone is 2. The molecular formula is C44H52BFN10O3. The molecule has 1 unspecified atom stereocenters. The van der Waals surface area contributed by atoms with Crippen LogP contribution in [-0.2, 0) is 4.79 Å². The van der Waals surface area contributed by atoms with Crippen molar-refractivity contribution in [1.82, 2.24) is 30.1 Å². The molecule has 306 valence electrons. The number of amides is 3. The number of para-hydroxylation sites is 1. The number of rotatable bonds is 14. The summed E-state index contributed by atoms with van der Waals surface area (Å²) in [6.07, 6.45) is 10.9. The molecule has 2 aromatic heterocycles. The van der Waals surface area contributed by atoms with Gasteiger partial charge in [0.05, 0.1) is 17.4 Å². The Hall–Kier alpha value is -6.09. The number of hydrogen-bond donors (Lipinski definition) is 3. The van der Waals surface area contributed by atoms with Crippen LogP contribution in [0, 0.1) is 13.8 Å². The minimum Gasteiger partial charge on any atom is -0.491 e. The fraction of sp³-hybridized carbons (Fsp3) is 0.364. The van der Waals surface area contributed by atoms with Crippen molar-refractivity contribution in [1.29, 1.82) is 0 Å². The Balaban J connectivity index is 0.872. The van der Waals surface area contributed by atoms with Gasteiger partial charge < -0.3 is 39.1 Å². The number of carbonyl (C=O) groups excluding carboxylic acids is 3. The van der Waals surface area contributed by atoms with Crippen LogP contribution in [0.2, 0.25) is 0 Å². The molecule has 7 rings (SSSR count). The second-order valence-corrected chi connectivity index (χ2v) is 15.4. The summed E-state index contributed by atoms with van der Waals surface area (Å²) in [6.45, 7) is 9.54. The molecule has 2 aromatic carbocycles. The molecule has 0 saturated carbocycles. The lowest BCUT2D eigenvalue weighted by molar-refractivity contribution is -0.319. The van der Waals surface area contributed by atoms with Crippen LogP contribution in [0.5, 0.6) is 0 Å². The first-order chi connectivity index (χ1) is 28.5. The van der Waals surface area contributed by atoms with Crippen LogP contribution < -0.4 is 20.4 Å². The number of anilines is 5. The Kier molecular flexibility index (Phi) is 12.7. The summed E-state index contributed by atoms with van der Waals surface area (Å²) in [7, 11) is 4.16. The Morgan fingerprint density at radius 1 is 1.00 bits per heavy atom. The fourth-order valence-electron chi connectivity index (χ4n) is 8.12. The summed E-state index contributed by atoms with van der Waals surface area (Å²) >= 11 is 0. The van der Waals surface area contributed by atoms with E-state index in [1.165, 1.54) is 4.49 Å². The van der Waals surface area contributed by atoms with Crippen molar-refractivity contribution in [2.24, 2.45) is 0 Å². The van der Waals surface area contributed by atoms with E-state index < -0.39 is 0 Å². The van der Waals surface area contributed by atoms with Gasteiger partial charge >= 0.3 is 0 Å². The van der Waals surface area contributed by atoms with Gasteiger partial charge in [-0.1, -0.05) is 25.5 Å². The molecule has 1 atom stereocenters. The van der Waals surface area contributed by atoms with E-state index in [-0.39, 0.29) is 17.7 Å². The largest absolute Gasteiger partial charge is 0.491 e. The maximum atomic E-state index is 14.0. The van der Waals surface area contributed by atoms with Gasteiger partial charge in [-0.3, -0.25) is 19.3 Å². The summed E-state index contributed by atoms with van der Waals surface area (Å²) < 4.78 is 15.5. The third-order valence-corrected chi connectivity index (χ3v) is 11.4. The van der Waals surface area contributed by atoms with Crippen LogP contribution in [0.4, 0.5) is 33.1 Å². The molecule has 3 aliphatic heterocycles. The van der Waals surface area contributed by atoms with Gasteiger partial charge in [0.15, 0.2) is 11.5 Å². The fourth-order valence-corrected chi connectivity index (χ4v) is 8.12. The second-order valence-electron chi connectivity index (χ2n) is 15.4. The monoisotopic (exact) mass is 798 g/mol. The van der Waals surface area contributed by atoms with Crippen molar-refractivity contribution >= 4 is 66.0 Å². The number of aromatic amines is 1. The Morgan fingerprint density at radius 2 is 1.76 bits per heavy atom. The minimum absolute atomic E-state index is 0.0769. The zero-order chi connectivity index (χ0) is 41.6. The number of fused-ring (bicyclic) bond motifs is 2. The first-order valence-corrected chi connectivity index (χ1v) is 20.3. The number of carbonyl (C=O) groups is 3. The number of hydrogen-bond acceptors (Lipinski definition) is 8. The highest BCUT2D eigenvalue weighted by Gasteiger charge is 2.30. The Labute approximate surface area is 346 Å². The summed E-state index contributed by atoms with van der Waals surface area (Å²) in [5, 5.41) is 6.32. The SMILES string of the molecule is CCCC(CCNC(=O)c1ccc(Nc2ncc3c(n2)N(C)c2ccccc2C(=O)N3C)cc1)N1CCN(C(=O)CCC2=[N+]([B-]F)C(=Cc3[nH]c(C)cc3C)C=C2)CC1. The van der Waals surface area contributed by atoms with E-state index >= 15 is 0 Å². The van der Waals surface area contributed by atoms with E-state index in [9.17, 15) is 18.7 Å². The average Bonchev–Trinajstić information content (AvgIpc) is 3.78. The first-order valence-electron chi connectivity index (χ1n) is 20.3. The lowest BCUT2D eigenvalue weighted by Crippen LogP contribution is -2.52. The molecule has 0 aliphatic carbocycles. The summed E-state index contributed by atoms with van der Waals surface area (Å²) in [6, 6.07) is 17.0. The van der Waals surface area contributed by atoms with Gasteiger partial charge in [0.1, 0.15) is 11.4 Å². The molecule has 59 heavy (non-hydrogen) atoms. The molecular weight excluding hydrogens is 746 g/mol. The summed E-state index contributed by atoms with van der Waals surface area (Å²) in [4.78, 5) is 59.9. The van der Waals surface area contributed by atoms with Crippen LogP contribution in [0.3, 0.4) is 0 Å². The smallest absolute Gasteiger partial charge is 0.300 e. The average molecular weight is 799 g/mol. The lowest BCUT2D eigenvalue weighted by Gasteiger charge is -2.39. The molecule has 3 N–H and O–H groups in total. The molecule has 4 aromatic rings. The highest BCUT2D eigenvalue weighted by atomic mass is 19.1. The van der Waals surface area contributed by atoms with Crippen molar-refractivity contribution in [3.63, 3.8) is 0 Å². The molecule has 5 heterocycles. The molecule has 0 bridgehead atoms. The molecule has 15 heteroatoms. The molecule has 13 nitrogen and oxygen atoms in total. The van der Waals surface area contributed by atoms with Gasteiger partial charge in [0, 0.05) is 107 Å². The molecule has 1 fully saturated rings. The number of piperazine rings is 1. The minimum atomic E-state index is -0.146. The Bertz CT molecular complexity index is 2300. The molecule has 3 amide bonds. The number of aryl methyl sites for hydroxylation is 2. The number of nitrogens with one attached hydrogen (secondary N) is 3. The van der Waals surface area contributed by atoms with Crippen LogP contribution in [-0.4, -0.2) is 113 Å². The summed E-state index contributed by atoms with van der Waals surface area (Å²) in [5.74, 6) is 0.760. The van der Waals surface area contributed by atoms with Crippen LogP contribution in [0.1, 0.15) is 76.7 Å². The second kappa shape index (κ2) is 18.2. The van der Waals surface area contributed by atoms with Gasteiger partial charge in [-0.05, 0) is 74.7 Å². The molecule has 2 radical (unpaired) electrons. The predicted octanol–water partition coefficient (Wildman–Crippen LogP) is 6.30. The van der Waals surface area contributed by atoms with E-state index in [2.05, 4.69) is 38.5 Å². The molecule has 3 aliphatic rings. The highest BCUT2D eigenvalue weighted by molar-refractivity contribution is 6.19. The van der Waals surface area contributed by atoms with Gasteiger partial charge in [-0.2, -0.15) is 4.98 Å². The van der Waals surface area contributed by atoms with Crippen molar-refractivity contribution in [2.45, 2.75) is 58.9 Å². The third-order valence-electron chi connectivity index (χ3n) is 11.4. The van der Waals surface area contributed by atoms with Crippen molar-refractivity contribution in [3.05, 3.63) is 107 Å². The Morgan fingerprint density at radius 3 is 2.47 bits per heavy atom. The molecule has 1 saturated heterocycles. The van der Waals surface area contributed by atoms with E-state index in [1.807, 2.05) is 79.3 Å². The van der Waals surface area contributed by atoms with Crippen molar-refractivity contribution in [3.8, 4) is 0 Å². The topological polar surface area (TPSA) is 133 Å². The van der Waals surface area contributed by atoms with Crippen LogP contribution in [0.15, 0.2) is 78.6 Å². The van der Waals surface area contributed by atoms with Crippen molar-refractivity contribution < 1.29 is 23.2 Å². The van der Waals surface area contributed by atoms with Gasteiger partial charge in [-0.15, -0.1) is 0 Å². The zero-order valence-electron chi connectivity index (χ0n) is 34.5. The number of aromatic nitrogens is 3. The summed E-state index contributed by atoms with van der Waals surface area (Å²) in [5.41, 5.74) is 7.78.